The second-order valence-corrected chi connectivity index (χ2v) is 8.35. The predicted octanol–water partition coefficient (Wildman–Crippen LogP) is 4.22. The molecule has 0 unspecified atom stereocenters. The van der Waals surface area contributed by atoms with E-state index in [9.17, 15) is 14.4 Å². The number of hydroxylamine groups is 1. The van der Waals surface area contributed by atoms with Crippen LogP contribution in [0.4, 0.5) is 11.4 Å². The number of carbonyl (C=O) groups is 3. The summed E-state index contributed by atoms with van der Waals surface area (Å²) in [6.45, 7) is 4.00. The van der Waals surface area contributed by atoms with Crippen LogP contribution in [0.5, 0.6) is 0 Å². The molecule has 0 radical (unpaired) electrons. The molecule has 0 N–H and O–H groups in total. The first-order chi connectivity index (χ1) is 16.5. The highest BCUT2D eigenvalue weighted by Gasteiger charge is 2.60. The SMILES string of the molecule is CCOC(=O)c1ccc(N2C(=O)[C@H]3[C@H](ON(c4ccccc4)[C@H]3c3ccc(C)cc3)C2=O)cc1. The van der Waals surface area contributed by atoms with Crippen LogP contribution < -0.4 is 9.96 Å². The number of anilines is 2. The van der Waals surface area contributed by atoms with Gasteiger partial charge in [0, 0.05) is 0 Å². The van der Waals surface area contributed by atoms with E-state index in [2.05, 4.69) is 0 Å². The Bertz CT molecular complexity index is 1220. The van der Waals surface area contributed by atoms with E-state index in [1.54, 1.807) is 36.3 Å². The van der Waals surface area contributed by atoms with Crippen LogP contribution in [0.3, 0.4) is 0 Å². The highest BCUT2D eigenvalue weighted by molar-refractivity contribution is 6.24. The van der Waals surface area contributed by atoms with Crippen molar-refractivity contribution in [3.05, 3.63) is 95.6 Å². The van der Waals surface area contributed by atoms with Gasteiger partial charge in [-0.3, -0.25) is 14.4 Å². The van der Waals surface area contributed by atoms with Crippen LogP contribution in [0.25, 0.3) is 0 Å². The molecular formula is C27H24N2O5. The number of rotatable bonds is 5. The first-order valence-corrected chi connectivity index (χ1v) is 11.2. The predicted molar refractivity (Wildman–Crippen MR) is 126 cm³/mol. The number of imide groups is 1. The lowest BCUT2D eigenvalue weighted by molar-refractivity contribution is -0.126. The Balaban J connectivity index is 1.50. The number of amides is 2. The fourth-order valence-corrected chi connectivity index (χ4v) is 4.53. The van der Waals surface area contributed by atoms with E-state index in [-0.39, 0.29) is 12.5 Å². The summed E-state index contributed by atoms with van der Waals surface area (Å²) in [6.07, 6.45) is -0.941. The number of fused-ring (bicyclic) bond motifs is 1. The molecule has 3 aromatic carbocycles. The smallest absolute Gasteiger partial charge is 0.338 e. The summed E-state index contributed by atoms with van der Waals surface area (Å²) >= 11 is 0. The Kier molecular flexibility index (Phi) is 5.63. The van der Waals surface area contributed by atoms with Crippen molar-refractivity contribution in [3.63, 3.8) is 0 Å². The molecule has 2 aliphatic rings. The van der Waals surface area contributed by atoms with Crippen molar-refractivity contribution in [2.75, 3.05) is 16.6 Å². The molecule has 3 aromatic rings. The van der Waals surface area contributed by atoms with Gasteiger partial charge < -0.3 is 4.74 Å². The minimum Gasteiger partial charge on any atom is -0.462 e. The van der Waals surface area contributed by atoms with Crippen molar-refractivity contribution >= 4 is 29.2 Å². The topological polar surface area (TPSA) is 76.2 Å². The van der Waals surface area contributed by atoms with Gasteiger partial charge in [-0.15, -0.1) is 0 Å². The lowest BCUT2D eigenvalue weighted by Gasteiger charge is -2.28. The number of hydrogen-bond acceptors (Lipinski definition) is 6. The minimum atomic E-state index is -0.941. The van der Waals surface area contributed by atoms with E-state index in [1.165, 1.54) is 0 Å². The molecule has 2 heterocycles. The zero-order valence-corrected chi connectivity index (χ0v) is 18.9. The molecule has 2 aliphatic heterocycles. The minimum absolute atomic E-state index is 0.267. The van der Waals surface area contributed by atoms with Crippen molar-refractivity contribution in [1.82, 2.24) is 0 Å². The Morgan fingerprint density at radius 1 is 0.882 bits per heavy atom. The lowest BCUT2D eigenvalue weighted by Crippen LogP contribution is -2.37. The van der Waals surface area contributed by atoms with Gasteiger partial charge >= 0.3 is 5.97 Å². The summed E-state index contributed by atoms with van der Waals surface area (Å²) in [5, 5.41) is 1.68. The number of esters is 1. The Hall–Kier alpha value is -3.97. The van der Waals surface area contributed by atoms with Gasteiger partial charge in [-0.1, -0.05) is 48.0 Å². The fourth-order valence-electron chi connectivity index (χ4n) is 4.53. The van der Waals surface area contributed by atoms with E-state index >= 15 is 0 Å². The summed E-state index contributed by atoms with van der Waals surface area (Å²) in [5.41, 5.74) is 3.52. The van der Waals surface area contributed by atoms with Gasteiger partial charge in [0.15, 0.2) is 6.10 Å². The highest BCUT2D eigenvalue weighted by atomic mass is 16.7. The van der Waals surface area contributed by atoms with E-state index in [1.807, 2.05) is 61.5 Å². The van der Waals surface area contributed by atoms with Crippen molar-refractivity contribution in [3.8, 4) is 0 Å². The summed E-state index contributed by atoms with van der Waals surface area (Å²) < 4.78 is 5.01. The van der Waals surface area contributed by atoms with Gasteiger partial charge in [-0.25, -0.2) is 14.8 Å². The third kappa shape index (κ3) is 3.64. The van der Waals surface area contributed by atoms with E-state index in [4.69, 9.17) is 9.57 Å². The largest absolute Gasteiger partial charge is 0.462 e. The van der Waals surface area contributed by atoms with E-state index < -0.39 is 29.9 Å². The molecule has 5 rings (SSSR count). The van der Waals surface area contributed by atoms with Crippen molar-refractivity contribution in [2.24, 2.45) is 5.92 Å². The zero-order chi connectivity index (χ0) is 23.8. The van der Waals surface area contributed by atoms with Crippen LogP contribution in [-0.2, 0) is 19.2 Å². The molecule has 0 spiro atoms. The average molecular weight is 456 g/mol. The zero-order valence-electron chi connectivity index (χ0n) is 18.9. The average Bonchev–Trinajstić information content (AvgIpc) is 3.36. The molecule has 34 heavy (non-hydrogen) atoms. The number of carbonyl (C=O) groups excluding carboxylic acids is 3. The standard InChI is InChI=1S/C27H24N2O5/c1-3-33-27(32)19-13-15-20(16-14-19)28-25(30)22-23(18-11-9-17(2)10-12-18)29(34-24(22)26(28)31)21-7-5-4-6-8-21/h4-16,22-24H,3H2,1-2H3/t22-,23+,24+/m1/s1. The molecule has 2 saturated heterocycles. The second-order valence-electron chi connectivity index (χ2n) is 8.35. The van der Waals surface area contributed by atoms with Crippen molar-refractivity contribution in [2.45, 2.75) is 26.0 Å². The van der Waals surface area contributed by atoms with Crippen molar-refractivity contribution in [1.29, 1.82) is 0 Å². The highest BCUT2D eigenvalue weighted by Crippen LogP contribution is 2.47. The Morgan fingerprint density at radius 2 is 1.56 bits per heavy atom. The third-order valence-electron chi connectivity index (χ3n) is 6.18. The number of aryl methyl sites for hydroxylation is 1. The molecule has 0 bridgehead atoms. The van der Waals surface area contributed by atoms with Gasteiger partial charge in [0.2, 0.25) is 5.91 Å². The Labute approximate surface area is 197 Å². The third-order valence-corrected chi connectivity index (χ3v) is 6.18. The number of ether oxygens (including phenoxy) is 1. The van der Waals surface area contributed by atoms with Gasteiger partial charge in [0.05, 0.1) is 29.6 Å². The van der Waals surface area contributed by atoms with Crippen molar-refractivity contribution < 1.29 is 24.0 Å². The van der Waals surface area contributed by atoms with Crippen LogP contribution >= 0.6 is 0 Å². The van der Waals surface area contributed by atoms with Gasteiger partial charge in [0.25, 0.3) is 5.91 Å². The Morgan fingerprint density at radius 3 is 2.21 bits per heavy atom. The maximum atomic E-state index is 13.7. The first-order valence-electron chi connectivity index (χ1n) is 11.2. The fraction of sp³-hybridized carbons (Fsp3) is 0.222. The lowest BCUT2D eigenvalue weighted by atomic mass is 9.90. The van der Waals surface area contributed by atoms with Gasteiger partial charge in [-0.05, 0) is 55.8 Å². The van der Waals surface area contributed by atoms with E-state index in [0.29, 0.717) is 11.3 Å². The van der Waals surface area contributed by atoms with Crippen LogP contribution in [0, 0.1) is 12.8 Å². The van der Waals surface area contributed by atoms with Gasteiger partial charge in [-0.2, -0.15) is 0 Å². The maximum Gasteiger partial charge on any atom is 0.338 e. The van der Waals surface area contributed by atoms with Crippen LogP contribution in [0.1, 0.15) is 34.5 Å². The van der Waals surface area contributed by atoms with Crippen LogP contribution in [0.15, 0.2) is 78.9 Å². The molecule has 0 saturated carbocycles. The molecule has 2 fully saturated rings. The molecule has 7 nitrogen and oxygen atoms in total. The van der Waals surface area contributed by atoms with Crippen LogP contribution in [-0.4, -0.2) is 30.5 Å². The monoisotopic (exact) mass is 456 g/mol. The summed E-state index contributed by atoms with van der Waals surface area (Å²) in [5.74, 6) is -1.91. The summed E-state index contributed by atoms with van der Waals surface area (Å²) in [6, 6.07) is 23.2. The number of para-hydroxylation sites is 1. The van der Waals surface area contributed by atoms with Gasteiger partial charge in [0.1, 0.15) is 5.92 Å². The molecule has 3 atom stereocenters. The normalized spacial score (nSPS) is 21.6. The van der Waals surface area contributed by atoms with E-state index in [0.717, 1.165) is 21.7 Å². The second kappa shape index (κ2) is 8.76. The number of nitrogens with zero attached hydrogens (tertiary/aromatic N) is 2. The quantitative estimate of drug-likeness (QED) is 0.423. The molecule has 0 aliphatic carbocycles. The summed E-state index contributed by atoms with van der Waals surface area (Å²) in [4.78, 5) is 46.3. The van der Waals surface area contributed by atoms with Crippen LogP contribution in [0.2, 0.25) is 0 Å². The number of hydrogen-bond donors (Lipinski definition) is 0. The molecule has 172 valence electrons. The molecular weight excluding hydrogens is 432 g/mol. The molecule has 2 amide bonds. The molecule has 7 heteroatoms. The molecule has 0 aromatic heterocycles. The summed E-state index contributed by atoms with van der Waals surface area (Å²) in [7, 11) is 0. The maximum absolute atomic E-state index is 13.7. The number of benzene rings is 3. The first kappa shape index (κ1) is 21.9.